The number of hydrogen-bond acceptors (Lipinski definition) is 1. The number of benzene rings is 2. The first-order chi connectivity index (χ1) is 13.0. The minimum atomic E-state index is 0.0408. The largest absolute Gasteiger partial charge is 0.466 e. The van der Waals surface area contributed by atoms with Gasteiger partial charge in [-0.05, 0) is 37.1 Å². The highest BCUT2D eigenvalue weighted by molar-refractivity contribution is 5.32. The van der Waals surface area contributed by atoms with E-state index in [1.807, 2.05) is 6.92 Å². The summed E-state index contributed by atoms with van der Waals surface area (Å²) in [4.78, 5) is 0. The fourth-order valence-electron chi connectivity index (χ4n) is 3.99. The van der Waals surface area contributed by atoms with Gasteiger partial charge >= 0.3 is 0 Å². The minimum Gasteiger partial charge on any atom is -0.466 e. The molecule has 142 valence electrons. The third-order valence-electron chi connectivity index (χ3n) is 5.42. The van der Waals surface area contributed by atoms with Crippen LogP contribution in [-0.2, 0) is 5.41 Å². The molecule has 0 fully saturated rings. The summed E-state index contributed by atoms with van der Waals surface area (Å²) in [7, 11) is 0. The number of furan rings is 1. The van der Waals surface area contributed by atoms with Crippen molar-refractivity contribution in [2.75, 3.05) is 6.54 Å². The monoisotopic (exact) mass is 362 g/mol. The molecule has 0 aliphatic carbocycles. The Kier molecular flexibility index (Phi) is 6.18. The highest BCUT2D eigenvalue weighted by Gasteiger charge is 2.28. The normalized spacial score (nSPS) is 13.1. The molecule has 0 bridgehead atoms. The van der Waals surface area contributed by atoms with Crippen LogP contribution in [0.4, 0.5) is 0 Å². The Hall–Kier alpha value is -2.32. The molecule has 2 aromatic carbocycles. The highest BCUT2D eigenvalue weighted by Crippen LogP contribution is 2.29. The van der Waals surface area contributed by atoms with Crippen LogP contribution in [0.5, 0.6) is 0 Å². The molecule has 3 aromatic rings. The van der Waals surface area contributed by atoms with Crippen LogP contribution < -0.4 is 5.32 Å². The van der Waals surface area contributed by atoms with Gasteiger partial charge in [0.25, 0.3) is 0 Å². The molecule has 27 heavy (non-hydrogen) atoms. The first kappa shape index (κ1) is 19.4. The quantitative estimate of drug-likeness (QED) is 0.598. The molecule has 0 saturated carbocycles. The zero-order valence-corrected chi connectivity index (χ0v) is 17.0. The highest BCUT2D eigenvalue weighted by atomic mass is 16.3. The topological polar surface area (TPSA) is 29.8 Å². The summed E-state index contributed by atoms with van der Waals surface area (Å²) in [5.41, 5.74) is 2.81. The Balaban J connectivity index is 1.68. The first-order valence-electron chi connectivity index (χ1n) is 9.96. The van der Waals surface area contributed by atoms with E-state index in [2.05, 4.69) is 98.9 Å². The molecule has 0 unspecified atom stereocenters. The molecule has 2 N–H and O–H groups in total. The van der Waals surface area contributed by atoms with E-state index in [4.69, 9.17) is 4.42 Å². The van der Waals surface area contributed by atoms with Crippen molar-refractivity contribution in [3.05, 3.63) is 95.4 Å². The summed E-state index contributed by atoms with van der Waals surface area (Å²) in [5.74, 6) is 2.48. The number of quaternary nitrogens is 1. The molecule has 1 aromatic heterocycles. The number of aryl methyl sites for hydroxylation is 1. The van der Waals surface area contributed by atoms with Gasteiger partial charge in [-0.25, -0.2) is 0 Å². The first-order valence-corrected chi connectivity index (χ1v) is 9.96. The number of hydrogen-bond donors (Lipinski definition) is 1. The summed E-state index contributed by atoms with van der Waals surface area (Å²) in [5, 5.41) is 2.49. The number of nitrogens with two attached hydrogens (primary N) is 1. The summed E-state index contributed by atoms with van der Waals surface area (Å²) in [6.07, 6.45) is 1.08. The summed E-state index contributed by atoms with van der Waals surface area (Å²) in [6, 6.07) is 26.4. The van der Waals surface area contributed by atoms with Gasteiger partial charge in [0.05, 0.1) is 18.5 Å². The van der Waals surface area contributed by atoms with Crippen molar-refractivity contribution in [1.82, 2.24) is 0 Å². The van der Waals surface area contributed by atoms with Gasteiger partial charge < -0.3 is 9.73 Å². The summed E-state index contributed by atoms with van der Waals surface area (Å²) in [6.45, 7) is 9.94. The predicted octanol–water partition coefficient (Wildman–Crippen LogP) is 5.04. The van der Waals surface area contributed by atoms with Crippen LogP contribution in [0.2, 0.25) is 0 Å². The van der Waals surface area contributed by atoms with E-state index < -0.39 is 0 Å². The van der Waals surface area contributed by atoms with Crippen molar-refractivity contribution in [2.24, 2.45) is 0 Å². The summed E-state index contributed by atoms with van der Waals surface area (Å²) < 4.78 is 5.90. The lowest BCUT2D eigenvalue weighted by molar-refractivity contribution is -0.688. The van der Waals surface area contributed by atoms with Crippen LogP contribution in [0.1, 0.15) is 55.8 Å². The van der Waals surface area contributed by atoms with E-state index in [1.165, 1.54) is 11.1 Å². The molecule has 0 aliphatic heterocycles. The predicted molar refractivity (Wildman–Crippen MR) is 112 cm³/mol. The maximum Gasteiger partial charge on any atom is 0.109 e. The van der Waals surface area contributed by atoms with Crippen LogP contribution >= 0.6 is 0 Å². The van der Waals surface area contributed by atoms with Gasteiger partial charge in [0, 0.05) is 11.8 Å². The van der Waals surface area contributed by atoms with E-state index in [9.17, 15) is 0 Å². The van der Waals surface area contributed by atoms with Crippen molar-refractivity contribution in [1.29, 1.82) is 0 Å². The average molecular weight is 363 g/mol. The molecule has 0 saturated heterocycles. The summed E-state index contributed by atoms with van der Waals surface area (Å²) >= 11 is 0. The van der Waals surface area contributed by atoms with E-state index >= 15 is 0 Å². The fourth-order valence-corrected chi connectivity index (χ4v) is 3.99. The third-order valence-corrected chi connectivity index (χ3v) is 5.42. The molecule has 2 heteroatoms. The van der Waals surface area contributed by atoms with Crippen molar-refractivity contribution in [3.63, 3.8) is 0 Å². The SMILES string of the molecule is Cc1ccc(C(C)(C)C[C@H](C)[NH2+]CC(c2ccccc2)c2ccccc2)o1. The van der Waals surface area contributed by atoms with Crippen molar-refractivity contribution < 1.29 is 9.73 Å². The Morgan fingerprint density at radius 2 is 1.41 bits per heavy atom. The molecule has 1 heterocycles. The zero-order chi connectivity index (χ0) is 19.3. The maximum absolute atomic E-state index is 5.90. The van der Waals surface area contributed by atoms with Gasteiger partial charge in [0.1, 0.15) is 11.5 Å². The van der Waals surface area contributed by atoms with Crippen molar-refractivity contribution in [2.45, 2.75) is 51.5 Å². The Morgan fingerprint density at radius 3 is 1.89 bits per heavy atom. The van der Waals surface area contributed by atoms with Crippen LogP contribution in [0.15, 0.2) is 77.2 Å². The van der Waals surface area contributed by atoms with E-state index in [-0.39, 0.29) is 5.41 Å². The fraction of sp³-hybridized carbons (Fsp3) is 0.360. The van der Waals surface area contributed by atoms with E-state index in [0.29, 0.717) is 12.0 Å². The lowest BCUT2D eigenvalue weighted by Gasteiger charge is -2.26. The van der Waals surface area contributed by atoms with E-state index in [1.54, 1.807) is 0 Å². The second-order valence-electron chi connectivity index (χ2n) is 8.32. The average Bonchev–Trinajstić information content (AvgIpc) is 3.11. The Bertz CT molecular complexity index is 780. The molecule has 0 aliphatic rings. The molecule has 3 rings (SSSR count). The van der Waals surface area contributed by atoms with E-state index in [0.717, 1.165) is 24.5 Å². The third kappa shape index (κ3) is 5.11. The Morgan fingerprint density at radius 1 is 0.852 bits per heavy atom. The van der Waals surface area contributed by atoms with Crippen LogP contribution in [0, 0.1) is 6.92 Å². The lowest BCUT2D eigenvalue weighted by atomic mass is 9.83. The lowest BCUT2D eigenvalue weighted by Crippen LogP contribution is -2.90. The zero-order valence-electron chi connectivity index (χ0n) is 17.0. The molecule has 0 amide bonds. The van der Waals surface area contributed by atoms with Gasteiger partial charge in [-0.1, -0.05) is 74.5 Å². The van der Waals surface area contributed by atoms with Crippen LogP contribution in [-0.4, -0.2) is 12.6 Å². The molecular weight excluding hydrogens is 330 g/mol. The van der Waals surface area contributed by atoms with Gasteiger partial charge in [0.15, 0.2) is 0 Å². The van der Waals surface area contributed by atoms with Gasteiger partial charge in [0.2, 0.25) is 0 Å². The van der Waals surface area contributed by atoms with Gasteiger partial charge in [-0.3, -0.25) is 0 Å². The second kappa shape index (κ2) is 8.58. The maximum atomic E-state index is 5.90. The molecule has 2 nitrogen and oxygen atoms in total. The second-order valence-corrected chi connectivity index (χ2v) is 8.32. The van der Waals surface area contributed by atoms with Crippen molar-refractivity contribution in [3.8, 4) is 0 Å². The standard InChI is InChI=1S/C25H31NO/c1-19(17-25(3,4)24-16-15-20(2)27-24)26-18-23(21-11-7-5-8-12-21)22-13-9-6-10-14-22/h5-16,19,23,26H,17-18H2,1-4H3/p+1/t19-/m0/s1. The Labute approximate surface area is 163 Å². The van der Waals surface area contributed by atoms with Crippen molar-refractivity contribution >= 4 is 0 Å². The molecule has 0 spiro atoms. The van der Waals surface area contributed by atoms with Gasteiger partial charge in [-0.2, -0.15) is 0 Å². The van der Waals surface area contributed by atoms with Gasteiger partial charge in [-0.15, -0.1) is 0 Å². The smallest absolute Gasteiger partial charge is 0.109 e. The van der Waals surface area contributed by atoms with Crippen LogP contribution in [0.3, 0.4) is 0 Å². The number of rotatable bonds is 8. The molecule has 1 atom stereocenters. The molecular formula is C25H32NO+. The molecule has 0 radical (unpaired) electrons. The minimum absolute atomic E-state index is 0.0408. The van der Waals surface area contributed by atoms with Crippen LogP contribution in [0.25, 0.3) is 0 Å².